The molecule has 1 aromatic carbocycles. The summed E-state index contributed by atoms with van der Waals surface area (Å²) in [6.07, 6.45) is 4.57. The van der Waals surface area contributed by atoms with Gasteiger partial charge in [0.1, 0.15) is 0 Å². The molecule has 110 valence electrons. The largest absolute Gasteiger partial charge is 0.490 e. The van der Waals surface area contributed by atoms with E-state index >= 15 is 0 Å². The van der Waals surface area contributed by atoms with Crippen molar-refractivity contribution in [1.82, 2.24) is 10.3 Å². The van der Waals surface area contributed by atoms with Crippen LogP contribution in [-0.4, -0.2) is 18.2 Å². The van der Waals surface area contributed by atoms with E-state index in [2.05, 4.69) is 29.4 Å². The number of aromatic nitrogens is 1. The molecule has 4 nitrogen and oxygen atoms in total. The van der Waals surface area contributed by atoms with Crippen molar-refractivity contribution in [3.05, 3.63) is 53.9 Å². The summed E-state index contributed by atoms with van der Waals surface area (Å²) in [5.74, 6) is 1.70. The van der Waals surface area contributed by atoms with Gasteiger partial charge < -0.3 is 14.8 Å². The quantitative estimate of drug-likeness (QED) is 0.937. The molecule has 1 aliphatic rings. The number of nitrogens with one attached hydrogen (secondary N) is 1. The van der Waals surface area contributed by atoms with Crippen LogP contribution in [-0.2, 0) is 6.54 Å². The van der Waals surface area contributed by atoms with Gasteiger partial charge in [0.25, 0.3) is 0 Å². The summed E-state index contributed by atoms with van der Waals surface area (Å²) in [7, 11) is 0. The Morgan fingerprint density at radius 3 is 2.67 bits per heavy atom. The first-order valence-electron chi connectivity index (χ1n) is 7.35. The maximum atomic E-state index is 5.72. The molecule has 0 aliphatic carbocycles. The lowest BCUT2D eigenvalue weighted by atomic mass is 10.1. The molecule has 0 bridgehead atoms. The molecule has 1 atom stereocenters. The maximum Gasteiger partial charge on any atom is 0.161 e. The van der Waals surface area contributed by atoms with Gasteiger partial charge in [0, 0.05) is 31.4 Å². The fourth-order valence-electron chi connectivity index (χ4n) is 2.36. The third kappa shape index (κ3) is 3.52. The molecule has 2 heterocycles. The zero-order valence-electron chi connectivity index (χ0n) is 12.2. The van der Waals surface area contributed by atoms with E-state index in [0.29, 0.717) is 0 Å². The second-order valence-electron chi connectivity index (χ2n) is 5.21. The molecular weight excluding hydrogens is 264 g/mol. The number of rotatable bonds is 4. The van der Waals surface area contributed by atoms with Crippen LogP contribution in [0.5, 0.6) is 11.5 Å². The molecule has 3 rings (SSSR count). The first-order chi connectivity index (χ1) is 10.3. The standard InChI is InChI=1S/C17H20N2O2/c1-13(15-5-7-18-8-6-15)19-12-14-3-4-16-17(11-14)21-10-2-9-20-16/h3-8,11,13,19H,2,9-10,12H2,1H3. The molecule has 4 heteroatoms. The third-order valence-corrected chi connectivity index (χ3v) is 3.63. The zero-order chi connectivity index (χ0) is 14.5. The first kappa shape index (κ1) is 13.9. The molecule has 0 fully saturated rings. The summed E-state index contributed by atoms with van der Waals surface area (Å²) >= 11 is 0. The fraction of sp³-hybridized carbons (Fsp3) is 0.353. The maximum absolute atomic E-state index is 5.72. The van der Waals surface area contributed by atoms with Crippen LogP contribution in [0.15, 0.2) is 42.7 Å². The number of pyridine rings is 1. The average Bonchev–Trinajstić information content (AvgIpc) is 2.78. The molecule has 0 saturated heterocycles. The van der Waals surface area contributed by atoms with Crippen molar-refractivity contribution >= 4 is 0 Å². The number of hydrogen-bond acceptors (Lipinski definition) is 4. The van der Waals surface area contributed by atoms with Gasteiger partial charge in [-0.1, -0.05) is 6.07 Å². The molecular formula is C17H20N2O2. The van der Waals surface area contributed by atoms with Crippen molar-refractivity contribution in [2.45, 2.75) is 25.9 Å². The monoisotopic (exact) mass is 284 g/mol. The molecule has 0 saturated carbocycles. The first-order valence-corrected chi connectivity index (χ1v) is 7.35. The van der Waals surface area contributed by atoms with E-state index < -0.39 is 0 Å². The topological polar surface area (TPSA) is 43.4 Å². The Balaban J connectivity index is 1.64. The Bertz CT molecular complexity index is 587. The van der Waals surface area contributed by atoms with E-state index in [-0.39, 0.29) is 6.04 Å². The average molecular weight is 284 g/mol. The van der Waals surface area contributed by atoms with Gasteiger partial charge in [0.15, 0.2) is 11.5 Å². The van der Waals surface area contributed by atoms with Crippen molar-refractivity contribution in [3.63, 3.8) is 0 Å². The van der Waals surface area contributed by atoms with Crippen molar-refractivity contribution in [1.29, 1.82) is 0 Å². The van der Waals surface area contributed by atoms with Crippen LogP contribution in [0.3, 0.4) is 0 Å². The molecule has 21 heavy (non-hydrogen) atoms. The van der Waals surface area contributed by atoms with Crippen LogP contribution in [0.1, 0.15) is 30.5 Å². The Morgan fingerprint density at radius 2 is 1.86 bits per heavy atom. The van der Waals surface area contributed by atoms with Gasteiger partial charge in [0.05, 0.1) is 13.2 Å². The lowest BCUT2D eigenvalue weighted by Gasteiger charge is -2.15. The highest BCUT2D eigenvalue weighted by atomic mass is 16.5. The zero-order valence-corrected chi connectivity index (χ0v) is 12.2. The van der Waals surface area contributed by atoms with Crippen molar-refractivity contribution in [3.8, 4) is 11.5 Å². The van der Waals surface area contributed by atoms with E-state index in [4.69, 9.17) is 9.47 Å². The molecule has 1 aliphatic heterocycles. The van der Waals surface area contributed by atoms with Gasteiger partial charge in [-0.3, -0.25) is 4.98 Å². The summed E-state index contributed by atoms with van der Waals surface area (Å²) in [5.41, 5.74) is 2.43. The highest BCUT2D eigenvalue weighted by Gasteiger charge is 2.11. The van der Waals surface area contributed by atoms with Gasteiger partial charge in [0.2, 0.25) is 0 Å². The Labute approximate surface area is 125 Å². The number of hydrogen-bond donors (Lipinski definition) is 1. The smallest absolute Gasteiger partial charge is 0.161 e. The summed E-state index contributed by atoms with van der Waals surface area (Å²) in [6.45, 7) is 4.39. The van der Waals surface area contributed by atoms with E-state index in [1.54, 1.807) is 0 Å². The van der Waals surface area contributed by atoms with Crippen LogP contribution < -0.4 is 14.8 Å². The Kier molecular flexibility index (Phi) is 4.36. The highest BCUT2D eigenvalue weighted by molar-refractivity contribution is 5.43. The predicted octanol–water partition coefficient (Wildman–Crippen LogP) is 3.09. The van der Waals surface area contributed by atoms with Gasteiger partial charge in [-0.25, -0.2) is 0 Å². The van der Waals surface area contributed by atoms with Crippen LogP contribution in [0, 0.1) is 0 Å². The Hall–Kier alpha value is -2.07. The number of benzene rings is 1. The molecule has 1 unspecified atom stereocenters. The minimum absolute atomic E-state index is 0.281. The van der Waals surface area contributed by atoms with Gasteiger partial charge in [-0.2, -0.15) is 0 Å². The summed E-state index contributed by atoms with van der Waals surface area (Å²) in [5, 5.41) is 3.51. The number of ether oxygens (including phenoxy) is 2. The van der Waals surface area contributed by atoms with Crippen molar-refractivity contribution < 1.29 is 9.47 Å². The number of nitrogens with zero attached hydrogens (tertiary/aromatic N) is 1. The van der Waals surface area contributed by atoms with Crippen LogP contribution >= 0.6 is 0 Å². The molecule has 0 amide bonds. The molecule has 0 spiro atoms. The molecule has 0 radical (unpaired) electrons. The summed E-state index contributed by atoms with van der Waals surface area (Å²) in [6, 6.07) is 10.5. The molecule has 2 aromatic rings. The van der Waals surface area contributed by atoms with Gasteiger partial charge in [-0.15, -0.1) is 0 Å². The third-order valence-electron chi connectivity index (χ3n) is 3.63. The summed E-state index contributed by atoms with van der Waals surface area (Å²) in [4.78, 5) is 4.04. The molecule has 1 aromatic heterocycles. The van der Waals surface area contributed by atoms with Gasteiger partial charge in [-0.05, 0) is 42.3 Å². The normalized spacial score (nSPS) is 15.3. The van der Waals surface area contributed by atoms with Crippen molar-refractivity contribution in [2.75, 3.05) is 13.2 Å². The Morgan fingerprint density at radius 1 is 1.10 bits per heavy atom. The van der Waals surface area contributed by atoms with E-state index in [0.717, 1.165) is 37.7 Å². The SMILES string of the molecule is CC(NCc1ccc2c(c1)OCCCO2)c1ccncc1. The summed E-state index contributed by atoms with van der Waals surface area (Å²) < 4.78 is 11.4. The minimum atomic E-state index is 0.281. The second-order valence-corrected chi connectivity index (χ2v) is 5.21. The lowest BCUT2D eigenvalue weighted by Crippen LogP contribution is -2.18. The van der Waals surface area contributed by atoms with Crippen LogP contribution in [0.2, 0.25) is 0 Å². The fourth-order valence-corrected chi connectivity index (χ4v) is 2.36. The van der Waals surface area contributed by atoms with E-state index in [9.17, 15) is 0 Å². The minimum Gasteiger partial charge on any atom is -0.490 e. The van der Waals surface area contributed by atoms with Crippen LogP contribution in [0.25, 0.3) is 0 Å². The van der Waals surface area contributed by atoms with Gasteiger partial charge >= 0.3 is 0 Å². The predicted molar refractivity (Wildman–Crippen MR) is 81.5 cm³/mol. The lowest BCUT2D eigenvalue weighted by molar-refractivity contribution is 0.297. The van der Waals surface area contributed by atoms with E-state index in [1.807, 2.05) is 30.6 Å². The molecule has 1 N–H and O–H groups in total. The van der Waals surface area contributed by atoms with E-state index in [1.165, 1.54) is 11.1 Å². The number of fused-ring (bicyclic) bond motifs is 1. The van der Waals surface area contributed by atoms with Crippen molar-refractivity contribution in [2.24, 2.45) is 0 Å². The second kappa shape index (κ2) is 6.59. The highest BCUT2D eigenvalue weighted by Crippen LogP contribution is 2.30. The van der Waals surface area contributed by atoms with Crippen LogP contribution in [0.4, 0.5) is 0 Å².